The first-order chi connectivity index (χ1) is 30.6. The Morgan fingerprint density at radius 3 is 1.23 bits per heavy atom. The van der Waals surface area contributed by atoms with E-state index >= 15 is 0 Å². The molecule has 0 unspecified atom stereocenters. The topological polar surface area (TPSA) is 38.0 Å². The van der Waals surface area contributed by atoms with E-state index < -0.39 is 0 Å². The van der Waals surface area contributed by atoms with Crippen LogP contribution in [0.2, 0.25) is 0 Å². The van der Waals surface area contributed by atoms with Crippen molar-refractivity contribution in [2.45, 2.75) is 112 Å². The molecule has 0 aliphatic rings. The van der Waals surface area contributed by atoms with Crippen LogP contribution in [0.3, 0.4) is 0 Å². The molecule has 0 saturated carbocycles. The number of nitriles is 1. The molecule has 4 nitrogen and oxygen atoms in total. The fourth-order valence-electron chi connectivity index (χ4n) is 9.61. The van der Waals surface area contributed by atoms with Crippen molar-refractivity contribution in [1.29, 1.82) is 5.26 Å². The fraction of sp³-hybridized carbons (Fsp3) is 0.279. The number of hydrogen-bond donors (Lipinski definition) is 0. The van der Waals surface area contributed by atoms with Crippen molar-refractivity contribution in [2.24, 2.45) is 0 Å². The van der Waals surface area contributed by atoms with Gasteiger partial charge in [0.15, 0.2) is 5.69 Å². The molecular weight excluding hydrogens is 789 g/mol. The quantitative estimate of drug-likeness (QED) is 0.163. The smallest absolute Gasteiger partial charge is 0.188 e. The van der Waals surface area contributed by atoms with Crippen LogP contribution >= 0.6 is 0 Å². The van der Waals surface area contributed by atoms with Crippen molar-refractivity contribution in [3.63, 3.8) is 0 Å². The molecule has 0 aliphatic carbocycles. The van der Waals surface area contributed by atoms with Gasteiger partial charge in [-0.15, -0.1) is 0 Å². The molecule has 9 rings (SSSR count). The van der Waals surface area contributed by atoms with Crippen molar-refractivity contribution >= 4 is 49.3 Å². The van der Waals surface area contributed by atoms with Gasteiger partial charge < -0.3 is 9.13 Å². The Balaban J connectivity index is 1.43. The van der Waals surface area contributed by atoms with Gasteiger partial charge in [-0.3, -0.25) is 0 Å². The minimum atomic E-state index is -0.0405. The van der Waals surface area contributed by atoms with Crippen LogP contribution in [0.1, 0.15) is 116 Å². The first-order valence-corrected chi connectivity index (χ1v) is 22.9. The number of rotatable bonds is 4. The SMILES string of the molecule is [C-]#[N+]c1ccc(-n2c3ccc(C(C)(C)C)cc3c3cc(C(C)(C)C)ccc32)c(-c2ccc(-c3ccc(C#N)cc3C)cc2-n2c3ccc(C(C)(C)C)cc3c3cc(C(C)(C)C)ccc32)c1. The number of hydrogen-bond acceptors (Lipinski definition) is 1. The zero-order valence-electron chi connectivity index (χ0n) is 40.4. The van der Waals surface area contributed by atoms with Crippen LogP contribution in [-0.2, 0) is 21.7 Å². The van der Waals surface area contributed by atoms with Gasteiger partial charge in [0.05, 0.1) is 51.6 Å². The van der Waals surface area contributed by atoms with Crippen LogP contribution < -0.4 is 0 Å². The summed E-state index contributed by atoms with van der Waals surface area (Å²) in [4.78, 5) is 4.04. The Morgan fingerprint density at radius 2 is 0.846 bits per heavy atom. The number of aromatic nitrogens is 2. The molecule has 0 fully saturated rings. The van der Waals surface area contributed by atoms with E-state index in [4.69, 9.17) is 6.57 Å². The molecule has 2 heterocycles. The Labute approximate surface area is 385 Å². The molecule has 0 saturated heterocycles. The second kappa shape index (κ2) is 15.1. The van der Waals surface area contributed by atoms with Gasteiger partial charge >= 0.3 is 0 Å². The molecular formula is C61H60N4. The maximum Gasteiger partial charge on any atom is 0.188 e. The summed E-state index contributed by atoms with van der Waals surface area (Å²) in [5, 5.41) is 14.7. The van der Waals surface area contributed by atoms with E-state index in [9.17, 15) is 5.26 Å². The van der Waals surface area contributed by atoms with Gasteiger partial charge in [-0.25, -0.2) is 4.85 Å². The van der Waals surface area contributed by atoms with Gasteiger partial charge in [0.25, 0.3) is 0 Å². The van der Waals surface area contributed by atoms with E-state index in [1.807, 2.05) is 18.2 Å². The van der Waals surface area contributed by atoms with Gasteiger partial charge in [-0.05, 0) is 152 Å². The van der Waals surface area contributed by atoms with Crippen molar-refractivity contribution in [1.82, 2.24) is 9.13 Å². The number of benzene rings is 7. The molecule has 0 aliphatic heterocycles. The predicted octanol–water partition coefficient (Wildman–Crippen LogP) is 17.1. The standard InChI is InChI=1S/C61H60N4/c1-37-29-38(36-62)15-22-45(37)39-16-23-46(57(30-39)65-54-26-19-42(60(8,9)10)33-49(54)50-34-43(61(11,12)13)20-27-55(50)65)51-35-44(63-14)21-28-56(51)64-52-24-17-40(58(2,3)4)31-47(52)48-32-41(59(5,6)7)18-25-53(48)64/h15-35H,1-13H3. The third kappa shape index (κ3) is 7.50. The van der Waals surface area contributed by atoms with Crippen LogP contribution in [-0.4, -0.2) is 9.13 Å². The largest absolute Gasteiger partial charge is 0.309 e. The highest BCUT2D eigenvalue weighted by Crippen LogP contribution is 2.46. The molecule has 4 heteroatoms. The lowest BCUT2D eigenvalue weighted by Crippen LogP contribution is -2.10. The molecule has 0 atom stereocenters. The van der Waals surface area contributed by atoms with Gasteiger partial charge in [0, 0.05) is 27.1 Å². The third-order valence-electron chi connectivity index (χ3n) is 13.5. The van der Waals surface area contributed by atoms with E-state index in [1.165, 1.54) is 43.8 Å². The van der Waals surface area contributed by atoms with Crippen LogP contribution in [0.15, 0.2) is 127 Å². The maximum atomic E-state index is 9.80. The Hall–Kier alpha value is -6.88. The molecule has 9 aromatic rings. The van der Waals surface area contributed by atoms with E-state index in [0.717, 1.165) is 61.3 Å². The lowest BCUT2D eigenvalue weighted by molar-refractivity contribution is 0.590. The van der Waals surface area contributed by atoms with Crippen LogP contribution in [0.4, 0.5) is 5.69 Å². The summed E-state index contributed by atoms with van der Waals surface area (Å²) < 4.78 is 4.87. The maximum absolute atomic E-state index is 9.80. The molecule has 0 spiro atoms. The molecule has 0 bridgehead atoms. The summed E-state index contributed by atoms with van der Waals surface area (Å²) in [6.45, 7) is 37.8. The zero-order chi connectivity index (χ0) is 46.5. The Morgan fingerprint density at radius 1 is 0.431 bits per heavy atom. The van der Waals surface area contributed by atoms with Crippen molar-refractivity contribution in [2.75, 3.05) is 0 Å². The minimum Gasteiger partial charge on any atom is -0.309 e. The van der Waals surface area contributed by atoms with Crippen LogP contribution in [0.25, 0.3) is 82.1 Å². The number of nitrogens with zero attached hydrogens (tertiary/aromatic N) is 4. The van der Waals surface area contributed by atoms with Gasteiger partial charge in [0.1, 0.15) is 0 Å². The molecule has 0 amide bonds. The Kier molecular flexibility index (Phi) is 10.1. The summed E-state index contributed by atoms with van der Waals surface area (Å²) in [6, 6.07) is 49.2. The summed E-state index contributed by atoms with van der Waals surface area (Å²) in [7, 11) is 0. The van der Waals surface area contributed by atoms with Crippen LogP contribution in [0, 0.1) is 24.8 Å². The highest BCUT2D eigenvalue weighted by atomic mass is 15.0. The third-order valence-corrected chi connectivity index (χ3v) is 13.5. The summed E-state index contributed by atoms with van der Waals surface area (Å²) in [6.07, 6.45) is 0. The molecule has 0 radical (unpaired) electrons. The average Bonchev–Trinajstić information content (AvgIpc) is 3.76. The summed E-state index contributed by atoms with van der Waals surface area (Å²) >= 11 is 0. The zero-order valence-corrected chi connectivity index (χ0v) is 40.4. The molecule has 2 aromatic heterocycles. The predicted molar refractivity (Wildman–Crippen MR) is 277 cm³/mol. The summed E-state index contributed by atoms with van der Waals surface area (Å²) in [5.74, 6) is 0. The monoisotopic (exact) mass is 848 g/mol. The molecule has 0 N–H and O–H groups in total. The lowest BCUT2D eigenvalue weighted by Gasteiger charge is -2.22. The number of fused-ring (bicyclic) bond motifs is 6. The normalized spacial score (nSPS) is 12.7. The summed E-state index contributed by atoms with van der Waals surface area (Å²) in [5.41, 5.74) is 18.0. The lowest BCUT2D eigenvalue weighted by atomic mass is 9.85. The highest BCUT2D eigenvalue weighted by molar-refractivity contribution is 6.12. The first-order valence-electron chi connectivity index (χ1n) is 22.9. The average molecular weight is 849 g/mol. The van der Waals surface area contributed by atoms with E-state index in [0.29, 0.717) is 11.3 Å². The van der Waals surface area contributed by atoms with E-state index in [-0.39, 0.29) is 21.7 Å². The van der Waals surface area contributed by atoms with Crippen molar-refractivity contribution in [3.8, 4) is 39.7 Å². The Bertz CT molecular complexity index is 3350. The van der Waals surface area contributed by atoms with E-state index in [2.05, 4.69) is 219 Å². The van der Waals surface area contributed by atoms with Gasteiger partial charge in [-0.2, -0.15) is 5.26 Å². The molecule has 65 heavy (non-hydrogen) atoms. The van der Waals surface area contributed by atoms with Gasteiger partial charge in [-0.1, -0.05) is 132 Å². The van der Waals surface area contributed by atoms with Gasteiger partial charge in [0.2, 0.25) is 0 Å². The second-order valence-electron chi connectivity index (χ2n) is 22.3. The van der Waals surface area contributed by atoms with Crippen LogP contribution in [0.5, 0.6) is 0 Å². The van der Waals surface area contributed by atoms with E-state index in [1.54, 1.807) is 0 Å². The highest BCUT2D eigenvalue weighted by Gasteiger charge is 2.26. The van der Waals surface area contributed by atoms with Crippen molar-refractivity contribution in [3.05, 3.63) is 172 Å². The molecule has 7 aromatic carbocycles. The first kappa shape index (κ1) is 43.4. The number of aryl methyl sites for hydroxylation is 1. The minimum absolute atomic E-state index is 0.0276. The van der Waals surface area contributed by atoms with Crippen molar-refractivity contribution < 1.29 is 0 Å². The molecule has 324 valence electrons. The second-order valence-corrected chi connectivity index (χ2v) is 22.3. The fourth-order valence-corrected chi connectivity index (χ4v) is 9.61.